The van der Waals surface area contributed by atoms with Crippen molar-refractivity contribution >= 4 is 49.4 Å². The molecule has 0 spiro atoms. The van der Waals surface area contributed by atoms with Crippen LogP contribution in [-0.2, 0) is 5.41 Å². The van der Waals surface area contributed by atoms with E-state index in [-0.39, 0.29) is 5.41 Å². The minimum Gasteiger partial charge on any atom is -0.310 e. The molecule has 0 saturated carbocycles. The van der Waals surface area contributed by atoms with Gasteiger partial charge in [-0.1, -0.05) is 159 Å². The molecule has 1 aliphatic rings. The fraction of sp³-hybridized carbons (Fsp3) is 0.0588. The van der Waals surface area contributed by atoms with Crippen LogP contribution >= 0.6 is 0 Å². The summed E-state index contributed by atoms with van der Waals surface area (Å²) in [7, 11) is 0. The molecule has 9 aromatic carbocycles. The van der Waals surface area contributed by atoms with Crippen molar-refractivity contribution in [3.8, 4) is 33.4 Å². The van der Waals surface area contributed by atoms with E-state index >= 15 is 0 Å². The second-order valence-corrected chi connectivity index (χ2v) is 14.6. The lowest BCUT2D eigenvalue weighted by molar-refractivity contribution is 0.645. The molecule has 0 bridgehead atoms. The first-order chi connectivity index (χ1) is 25.5. The summed E-state index contributed by atoms with van der Waals surface area (Å²) in [5.74, 6) is 0. The monoisotopic (exact) mass is 663 g/mol. The molecule has 246 valence electrons. The molecule has 1 aliphatic carbocycles. The summed E-state index contributed by atoms with van der Waals surface area (Å²) in [6.07, 6.45) is 0. The van der Waals surface area contributed by atoms with Crippen LogP contribution in [0.5, 0.6) is 0 Å². The van der Waals surface area contributed by atoms with Crippen molar-refractivity contribution in [1.82, 2.24) is 0 Å². The summed E-state index contributed by atoms with van der Waals surface area (Å²) >= 11 is 0. The van der Waals surface area contributed by atoms with Gasteiger partial charge in [-0.15, -0.1) is 0 Å². The third-order valence-corrected chi connectivity index (χ3v) is 11.2. The zero-order chi connectivity index (χ0) is 34.8. The molecular weight excluding hydrogens is 627 g/mol. The van der Waals surface area contributed by atoms with Crippen LogP contribution in [-0.4, -0.2) is 0 Å². The van der Waals surface area contributed by atoms with Gasteiger partial charge < -0.3 is 4.90 Å². The lowest BCUT2D eigenvalue weighted by Gasteiger charge is -2.38. The van der Waals surface area contributed by atoms with Gasteiger partial charge in [0.2, 0.25) is 0 Å². The fourth-order valence-electron chi connectivity index (χ4n) is 8.50. The largest absolute Gasteiger partial charge is 0.310 e. The van der Waals surface area contributed by atoms with Crippen molar-refractivity contribution in [1.29, 1.82) is 0 Å². The number of rotatable bonds is 5. The molecule has 9 aromatic rings. The van der Waals surface area contributed by atoms with Crippen LogP contribution in [0.3, 0.4) is 0 Å². The van der Waals surface area contributed by atoms with Gasteiger partial charge in [0.25, 0.3) is 0 Å². The van der Waals surface area contributed by atoms with E-state index in [1.165, 1.54) is 82.5 Å². The topological polar surface area (TPSA) is 3.24 Å². The molecule has 0 fully saturated rings. The van der Waals surface area contributed by atoms with Crippen molar-refractivity contribution in [2.75, 3.05) is 4.90 Å². The van der Waals surface area contributed by atoms with E-state index in [1.54, 1.807) is 0 Å². The summed E-state index contributed by atoms with van der Waals surface area (Å²) in [5, 5.41) is 7.59. The van der Waals surface area contributed by atoms with E-state index in [9.17, 15) is 0 Å². The Morgan fingerprint density at radius 2 is 0.923 bits per heavy atom. The van der Waals surface area contributed by atoms with Gasteiger partial charge in [0.1, 0.15) is 0 Å². The first-order valence-electron chi connectivity index (χ1n) is 18.2. The van der Waals surface area contributed by atoms with Gasteiger partial charge in [-0.2, -0.15) is 0 Å². The number of anilines is 3. The third kappa shape index (κ3) is 4.85. The first kappa shape index (κ1) is 30.4. The molecule has 0 heterocycles. The Morgan fingerprint density at radius 3 is 1.69 bits per heavy atom. The molecule has 0 N–H and O–H groups in total. The number of hydrogen-bond acceptors (Lipinski definition) is 1. The Morgan fingerprint density at radius 1 is 0.365 bits per heavy atom. The van der Waals surface area contributed by atoms with Crippen LogP contribution in [0.25, 0.3) is 65.7 Å². The van der Waals surface area contributed by atoms with E-state index in [0.29, 0.717) is 0 Å². The first-order valence-corrected chi connectivity index (χ1v) is 18.2. The highest BCUT2D eigenvalue weighted by molar-refractivity contribution is 6.10. The van der Waals surface area contributed by atoms with Crippen molar-refractivity contribution < 1.29 is 0 Å². The normalized spacial score (nSPS) is 13.0. The highest BCUT2D eigenvalue weighted by Crippen LogP contribution is 2.54. The molecule has 0 unspecified atom stereocenters. The molecule has 0 aliphatic heterocycles. The van der Waals surface area contributed by atoms with Gasteiger partial charge in [0.15, 0.2) is 0 Å². The Labute approximate surface area is 305 Å². The zero-order valence-electron chi connectivity index (χ0n) is 29.3. The SMILES string of the molecule is CC1(C)c2cc(-c3ccc4ccccc4c3)ccc2-c2c(N(c3ccc(-c4ccccc4)cc3)c3ccc4ccccc4c3)ccc3cccc1c23. The van der Waals surface area contributed by atoms with Crippen molar-refractivity contribution in [3.05, 3.63) is 199 Å². The quantitative estimate of drug-likeness (QED) is 0.177. The minimum absolute atomic E-state index is 0.196. The summed E-state index contributed by atoms with van der Waals surface area (Å²) in [6, 6.07) is 69.3. The van der Waals surface area contributed by atoms with E-state index in [0.717, 1.165) is 11.4 Å². The molecule has 1 nitrogen and oxygen atoms in total. The van der Waals surface area contributed by atoms with E-state index < -0.39 is 0 Å². The summed E-state index contributed by atoms with van der Waals surface area (Å²) in [6.45, 7) is 4.79. The van der Waals surface area contributed by atoms with E-state index in [4.69, 9.17) is 0 Å². The van der Waals surface area contributed by atoms with Gasteiger partial charge in [0, 0.05) is 22.4 Å². The molecule has 10 rings (SSSR count). The molecule has 0 atom stereocenters. The Bertz CT molecular complexity index is 2810. The van der Waals surface area contributed by atoms with E-state index in [1.807, 2.05) is 0 Å². The van der Waals surface area contributed by atoms with Gasteiger partial charge in [-0.25, -0.2) is 0 Å². The van der Waals surface area contributed by atoms with Gasteiger partial charge >= 0.3 is 0 Å². The average Bonchev–Trinajstić information content (AvgIpc) is 3.20. The number of benzene rings is 9. The molecule has 52 heavy (non-hydrogen) atoms. The smallest absolute Gasteiger partial charge is 0.0546 e. The predicted molar refractivity (Wildman–Crippen MR) is 222 cm³/mol. The van der Waals surface area contributed by atoms with Crippen LogP contribution in [0.2, 0.25) is 0 Å². The molecule has 0 saturated heterocycles. The highest BCUT2D eigenvalue weighted by Gasteiger charge is 2.36. The summed E-state index contributed by atoms with van der Waals surface area (Å²) in [5.41, 5.74) is 13.4. The van der Waals surface area contributed by atoms with Crippen molar-refractivity contribution in [3.63, 3.8) is 0 Å². The minimum atomic E-state index is -0.196. The Balaban J connectivity index is 1.22. The zero-order valence-corrected chi connectivity index (χ0v) is 29.3. The molecule has 0 radical (unpaired) electrons. The average molecular weight is 664 g/mol. The van der Waals surface area contributed by atoms with Crippen molar-refractivity contribution in [2.24, 2.45) is 0 Å². The van der Waals surface area contributed by atoms with Crippen molar-refractivity contribution in [2.45, 2.75) is 19.3 Å². The lowest BCUT2D eigenvalue weighted by atomic mass is 9.67. The second kappa shape index (κ2) is 11.8. The second-order valence-electron chi connectivity index (χ2n) is 14.6. The van der Waals surface area contributed by atoms with Crippen LogP contribution < -0.4 is 4.90 Å². The molecular formula is C51H37N. The van der Waals surface area contributed by atoms with Gasteiger partial charge in [-0.3, -0.25) is 0 Å². The molecule has 0 aromatic heterocycles. The third-order valence-electron chi connectivity index (χ3n) is 11.2. The van der Waals surface area contributed by atoms with Crippen LogP contribution in [0.1, 0.15) is 25.0 Å². The number of fused-ring (bicyclic) bond motifs is 4. The maximum absolute atomic E-state index is 2.46. The van der Waals surface area contributed by atoms with Crippen LogP contribution in [0, 0.1) is 0 Å². The van der Waals surface area contributed by atoms with Crippen LogP contribution in [0.4, 0.5) is 17.1 Å². The van der Waals surface area contributed by atoms with E-state index in [2.05, 4.69) is 207 Å². The predicted octanol–water partition coefficient (Wildman–Crippen LogP) is 14.3. The number of nitrogens with zero attached hydrogens (tertiary/aromatic N) is 1. The molecule has 0 amide bonds. The fourth-order valence-corrected chi connectivity index (χ4v) is 8.50. The van der Waals surface area contributed by atoms with Crippen LogP contribution in [0.15, 0.2) is 188 Å². The maximum Gasteiger partial charge on any atom is 0.0546 e. The lowest BCUT2D eigenvalue weighted by Crippen LogP contribution is -2.24. The highest BCUT2D eigenvalue weighted by atomic mass is 15.1. The maximum atomic E-state index is 2.46. The van der Waals surface area contributed by atoms with Gasteiger partial charge in [0.05, 0.1) is 5.69 Å². The Hall–Kier alpha value is -6.44. The standard InChI is InChI=1S/C51H37N/c1-51(2)46-18-10-17-38-25-30-48(50(49(38)46)45-29-24-42(33-47(45)51)41-20-19-35-13-6-8-15-39(35)31-41)52(44-28-23-36-14-7-9-16-40(36)32-44)43-26-21-37(22-27-43)34-11-4-3-5-12-34/h3-33H,1-2H3. The molecule has 1 heteroatoms. The Kier molecular flexibility index (Phi) is 6.91. The van der Waals surface area contributed by atoms with Gasteiger partial charge in [-0.05, 0) is 114 Å². The summed E-state index contributed by atoms with van der Waals surface area (Å²) < 4.78 is 0. The summed E-state index contributed by atoms with van der Waals surface area (Å²) in [4.78, 5) is 2.46. The number of hydrogen-bond donors (Lipinski definition) is 0.